The van der Waals surface area contributed by atoms with Gasteiger partial charge in [-0.1, -0.05) is 6.92 Å². The third kappa shape index (κ3) is 3.67. The fourth-order valence-electron chi connectivity index (χ4n) is 2.04. The largest absolute Gasteiger partial charge is 0.444 e. The molecule has 0 unspecified atom stereocenters. The van der Waals surface area contributed by atoms with Crippen LogP contribution in [0.15, 0.2) is 0 Å². The molecule has 2 N–H and O–H groups in total. The number of rotatable bonds is 1. The van der Waals surface area contributed by atoms with Crippen molar-refractivity contribution in [1.29, 1.82) is 0 Å². The Hall–Kier alpha value is -0.770. The van der Waals surface area contributed by atoms with Gasteiger partial charge in [-0.05, 0) is 45.6 Å². The lowest BCUT2D eigenvalue weighted by atomic mass is 9.87. The van der Waals surface area contributed by atoms with E-state index in [1.165, 1.54) is 0 Å². The number of hydrogen-bond donors (Lipinski definition) is 1. The van der Waals surface area contributed by atoms with Gasteiger partial charge in [-0.25, -0.2) is 4.79 Å². The van der Waals surface area contributed by atoms with Gasteiger partial charge in [0, 0.05) is 13.1 Å². The normalized spacial score (nSPS) is 26.7. The zero-order chi connectivity index (χ0) is 12.3. The molecule has 1 fully saturated rings. The molecule has 1 heterocycles. The summed E-state index contributed by atoms with van der Waals surface area (Å²) in [5.74, 6) is 1.00. The van der Waals surface area contributed by atoms with Gasteiger partial charge in [0.05, 0.1) is 0 Å². The van der Waals surface area contributed by atoms with Crippen LogP contribution in [0.3, 0.4) is 0 Å². The van der Waals surface area contributed by atoms with Crippen LogP contribution >= 0.6 is 0 Å². The van der Waals surface area contributed by atoms with Gasteiger partial charge in [0.2, 0.25) is 0 Å². The summed E-state index contributed by atoms with van der Waals surface area (Å²) in [5.41, 5.74) is 5.27. The van der Waals surface area contributed by atoms with E-state index in [-0.39, 0.29) is 6.09 Å². The monoisotopic (exact) mass is 228 g/mol. The molecule has 2 atom stereocenters. The van der Waals surface area contributed by atoms with Crippen molar-refractivity contribution in [2.75, 3.05) is 19.6 Å². The second-order valence-corrected chi connectivity index (χ2v) is 5.69. The van der Waals surface area contributed by atoms with E-state index in [0.717, 1.165) is 19.5 Å². The molecule has 4 heteroatoms. The Morgan fingerprint density at radius 3 is 2.56 bits per heavy atom. The Balaban J connectivity index is 2.48. The van der Waals surface area contributed by atoms with Gasteiger partial charge in [-0.15, -0.1) is 0 Å². The number of ether oxygens (including phenoxy) is 1. The third-order valence-electron chi connectivity index (χ3n) is 3.04. The van der Waals surface area contributed by atoms with Crippen molar-refractivity contribution in [2.45, 2.75) is 39.7 Å². The van der Waals surface area contributed by atoms with Crippen LogP contribution in [0.1, 0.15) is 34.1 Å². The number of likely N-dealkylation sites (tertiary alicyclic amines) is 1. The number of amides is 1. The Bertz CT molecular complexity index is 248. The van der Waals surface area contributed by atoms with Crippen molar-refractivity contribution in [3.8, 4) is 0 Å². The molecule has 4 nitrogen and oxygen atoms in total. The second-order valence-electron chi connectivity index (χ2n) is 5.69. The minimum atomic E-state index is -0.412. The van der Waals surface area contributed by atoms with Crippen LogP contribution in [0.2, 0.25) is 0 Å². The fraction of sp³-hybridized carbons (Fsp3) is 0.917. The molecule has 1 rings (SSSR count). The molecule has 0 aromatic rings. The Morgan fingerprint density at radius 2 is 2.12 bits per heavy atom. The van der Waals surface area contributed by atoms with E-state index in [4.69, 9.17) is 10.5 Å². The summed E-state index contributed by atoms with van der Waals surface area (Å²) < 4.78 is 5.35. The number of carbonyl (C=O) groups is 1. The van der Waals surface area contributed by atoms with Gasteiger partial charge in [0.1, 0.15) is 5.60 Å². The van der Waals surface area contributed by atoms with Gasteiger partial charge in [-0.3, -0.25) is 0 Å². The maximum Gasteiger partial charge on any atom is 0.410 e. The van der Waals surface area contributed by atoms with E-state index in [9.17, 15) is 4.79 Å². The highest BCUT2D eigenvalue weighted by atomic mass is 16.6. The maximum absolute atomic E-state index is 11.8. The molecule has 0 aliphatic carbocycles. The summed E-state index contributed by atoms with van der Waals surface area (Å²) in [4.78, 5) is 13.6. The molecule has 0 aromatic heterocycles. The van der Waals surface area contributed by atoms with E-state index < -0.39 is 5.60 Å². The lowest BCUT2D eigenvalue weighted by molar-refractivity contribution is 0.0122. The molecule has 0 aromatic carbocycles. The first kappa shape index (κ1) is 13.3. The van der Waals surface area contributed by atoms with E-state index in [1.54, 1.807) is 4.90 Å². The van der Waals surface area contributed by atoms with Crippen LogP contribution in [0, 0.1) is 11.8 Å². The number of nitrogens with zero attached hydrogens (tertiary/aromatic N) is 1. The number of piperidine rings is 1. The van der Waals surface area contributed by atoms with Crippen LogP contribution < -0.4 is 5.73 Å². The molecule has 1 amide bonds. The van der Waals surface area contributed by atoms with Crippen LogP contribution in [0.4, 0.5) is 4.79 Å². The van der Waals surface area contributed by atoms with Crippen LogP contribution in [-0.2, 0) is 4.74 Å². The van der Waals surface area contributed by atoms with Crippen LogP contribution in [0.5, 0.6) is 0 Å². The van der Waals surface area contributed by atoms with Crippen molar-refractivity contribution in [3.63, 3.8) is 0 Å². The summed E-state index contributed by atoms with van der Waals surface area (Å²) >= 11 is 0. The Morgan fingerprint density at radius 1 is 1.50 bits per heavy atom. The molecular formula is C12H24N2O2. The average Bonchev–Trinajstić information content (AvgIpc) is 2.15. The van der Waals surface area contributed by atoms with E-state index >= 15 is 0 Å². The molecule has 1 saturated heterocycles. The summed E-state index contributed by atoms with van der Waals surface area (Å²) in [5, 5.41) is 0. The molecule has 0 radical (unpaired) electrons. The van der Waals surface area contributed by atoms with Gasteiger partial charge < -0.3 is 15.4 Å². The Kier molecular flexibility index (Phi) is 4.19. The number of nitrogens with two attached hydrogens (primary N) is 1. The van der Waals surface area contributed by atoms with Crippen molar-refractivity contribution in [2.24, 2.45) is 17.6 Å². The molecule has 1 aliphatic rings. The van der Waals surface area contributed by atoms with Gasteiger partial charge in [-0.2, -0.15) is 0 Å². The topological polar surface area (TPSA) is 55.6 Å². The lowest BCUT2D eigenvalue weighted by Crippen LogP contribution is -2.46. The van der Waals surface area contributed by atoms with E-state index in [0.29, 0.717) is 18.4 Å². The highest BCUT2D eigenvalue weighted by Gasteiger charge is 2.30. The smallest absolute Gasteiger partial charge is 0.410 e. The SMILES string of the molecule is C[C@@H]1CN(C(=O)OC(C)(C)C)CC[C@H]1CN. The van der Waals surface area contributed by atoms with Crippen molar-refractivity contribution in [3.05, 3.63) is 0 Å². The van der Waals surface area contributed by atoms with Crippen molar-refractivity contribution >= 4 is 6.09 Å². The predicted molar refractivity (Wildman–Crippen MR) is 64.1 cm³/mol. The first-order valence-electron chi connectivity index (χ1n) is 6.01. The van der Waals surface area contributed by atoms with E-state index in [2.05, 4.69) is 6.92 Å². The molecule has 0 bridgehead atoms. The summed E-state index contributed by atoms with van der Waals surface area (Å²) in [6.45, 7) is 10.1. The van der Waals surface area contributed by atoms with Crippen LogP contribution in [-0.4, -0.2) is 36.2 Å². The minimum Gasteiger partial charge on any atom is -0.444 e. The third-order valence-corrected chi connectivity index (χ3v) is 3.04. The summed E-state index contributed by atoms with van der Waals surface area (Å²) in [7, 11) is 0. The predicted octanol–water partition coefficient (Wildman–Crippen LogP) is 1.84. The number of carbonyl (C=O) groups excluding carboxylic acids is 1. The first-order chi connectivity index (χ1) is 7.33. The molecule has 94 valence electrons. The Labute approximate surface area is 98.1 Å². The van der Waals surface area contributed by atoms with Crippen LogP contribution in [0.25, 0.3) is 0 Å². The molecule has 16 heavy (non-hydrogen) atoms. The standard InChI is InChI=1S/C12H24N2O2/c1-9-8-14(6-5-10(9)7-13)11(15)16-12(2,3)4/h9-10H,5-8,13H2,1-4H3/t9-,10+/m1/s1. The van der Waals surface area contributed by atoms with Gasteiger partial charge >= 0.3 is 6.09 Å². The second kappa shape index (κ2) is 5.04. The minimum absolute atomic E-state index is 0.199. The zero-order valence-electron chi connectivity index (χ0n) is 10.8. The molecule has 0 saturated carbocycles. The zero-order valence-corrected chi connectivity index (χ0v) is 10.8. The molecule has 0 spiro atoms. The molecular weight excluding hydrogens is 204 g/mol. The first-order valence-corrected chi connectivity index (χ1v) is 6.01. The van der Waals surface area contributed by atoms with Gasteiger partial charge in [0.15, 0.2) is 0 Å². The summed E-state index contributed by atoms with van der Waals surface area (Å²) in [6.07, 6.45) is 0.784. The quantitative estimate of drug-likeness (QED) is 0.745. The fourth-order valence-corrected chi connectivity index (χ4v) is 2.04. The van der Waals surface area contributed by atoms with E-state index in [1.807, 2.05) is 20.8 Å². The summed E-state index contributed by atoms with van der Waals surface area (Å²) in [6, 6.07) is 0. The lowest BCUT2D eigenvalue weighted by Gasteiger charge is -2.37. The van der Waals surface area contributed by atoms with Crippen molar-refractivity contribution < 1.29 is 9.53 Å². The van der Waals surface area contributed by atoms with Crippen molar-refractivity contribution in [1.82, 2.24) is 4.90 Å². The highest BCUT2D eigenvalue weighted by Crippen LogP contribution is 2.23. The maximum atomic E-state index is 11.8. The number of hydrogen-bond acceptors (Lipinski definition) is 3. The highest BCUT2D eigenvalue weighted by molar-refractivity contribution is 5.68. The average molecular weight is 228 g/mol. The van der Waals surface area contributed by atoms with Gasteiger partial charge in [0.25, 0.3) is 0 Å². The molecule has 1 aliphatic heterocycles.